The molecule has 8 nitrogen and oxygen atoms in total. The first-order chi connectivity index (χ1) is 15.0. The van der Waals surface area contributed by atoms with E-state index < -0.39 is 11.6 Å². The molecule has 0 atom stereocenters. The van der Waals surface area contributed by atoms with Crippen LogP contribution < -0.4 is 16.0 Å². The number of hydrogen-bond donors (Lipinski definition) is 4. The number of anilines is 1. The van der Waals surface area contributed by atoms with Crippen LogP contribution in [-0.4, -0.2) is 35.8 Å². The fraction of sp³-hybridized carbons (Fsp3) is 0.190. The second-order valence-electron chi connectivity index (χ2n) is 7.35. The standard InChI is InChI=1S/C21H18F2N6O2/c22-15-2-1-3-16(23)14(15)10-24-17-8-18(26-13-4-5-13)29-20(27-17)12(9-25-29)6-11-7-19(30)28-21(11)31/h1-3,6-9,13,24,28,30-31H,4-5,10H2. The number of H-pyrrole nitrogens is 1. The van der Waals surface area contributed by atoms with Crippen molar-refractivity contribution in [1.82, 2.24) is 19.6 Å². The van der Waals surface area contributed by atoms with Gasteiger partial charge in [-0.2, -0.15) is 9.61 Å². The van der Waals surface area contributed by atoms with E-state index in [1.165, 1.54) is 24.3 Å². The Balaban J connectivity index is 1.60. The highest BCUT2D eigenvalue weighted by atomic mass is 19.1. The lowest BCUT2D eigenvalue weighted by Crippen LogP contribution is -2.20. The molecule has 4 aromatic rings. The monoisotopic (exact) mass is 424 g/mol. The molecule has 1 fully saturated rings. The number of rotatable bonds is 5. The van der Waals surface area contributed by atoms with Crippen molar-refractivity contribution in [2.45, 2.75) is 25.4 Å². The zero-order valence-electron chi connectivity index (χ0n) is 16.2. The molecular formula is C21H18F2N6O2. The van der Waals surface area contributed by atoms with Gasteiger partial charge in [0.25, 0.3) is 0 Å². The highest BCUT2D eigenvalue weighted by Gasteiger charge is 2.20. The van der Waals surface area contributed by atoms with E-state index in [4.69, 9.17) is 0 Å². The molecule has 1 aromatic carbocycles. The minimum atomic E-state index is -0.641. The third kappa shape index (κ3) is 3.79. The molecule has 5 rings (SSSR count). The van der Waals surface area contributed by atoms with Crippen molar-refractivity contribution in [2.75, 3.05) is 5.32 Å². The van der Waals surface area contributed by atoms with Gasteiger partial charge in [-0.05, 0) is 31.1 Å². The van der Waals surface area contributed by atoms with Crippen LogP contribution in [-0.2, 0) is 6.54 Å². The molecule has 158 valence electrons. The van der Waals surface area contributed by atoms with Crippen molar-refractivity contribution in [1.29, 1.82) is 0 Å². The molecule has 0 aliphatic heterocycles. The number of fused-ring (bicyclic) bond motifs is 1. The van der Waals surface area contributed by atoms with Crippen LogP contribution in [0.1, 0.15) is 24.0 Å². The lowest BCUT2D eigenvalue weighted by molar-refractivity contribution is 0.425. The van der Waals surface area contributed by atoms with E-state index in [1.54, 1.807) is 22.9 Å². The summed E-state index contributed by atoms with van der Waals surface area (Å²) in [5.41, 5.74) is 1.28. The highest BCUT2D eigenvalue weighted by molar-refractivity contribution is 5.62. The molecule has 1 aliphatic carbocycles. The molecule has 0 unspecified atom stereocenters. The second kappa shape index (κ2) is 7.38. The number of aromatic amines is 1. The summed E-state index contributed by atoms with van der Waals surface area (Å²) in [5, 5.41) is 27.3. The molecule has 1 aliphatic rings. The molecular weight excluding hydrogens is 406 g/mol. The molecule has 3 aromatic heterocycles. The fourth-order valence-corrected chi connectivity index (χ4v) is 3.24. The molecule has 31 heavy (non-hydrogen) atoms. The molecule has 4 N–H and O–H groups in total. The quantitative estimate of drug-likeness (QED) is 0.392. The Morgan fingerprint density at radius 3 is 2.68 bits per heavy atom. The van der Waals surface area contributed by atoms with Crippen molar-refractivity contribution in [2.24, 2.45) is 4.99 Å². The summed E-state index contributed by atoms with van der Waals surface area (Å²) < 4.78 is 29.5. The smallest absolute Gasteiger partial charge is 0.198 e. The molecule has 3 heterocycles. The SMILES string of the molecule is Oc1cc(C=c2cnn3c(=NC4CC4)cc(NCc4c(F)cccc4F)nc23)c(O)[nH]1. The van der Waals surface area contributed by atoms with Gasteiger partial charge >= 0.3 is 0 Å². The third-order valence-electron chi connectivity index (χ3n) is 4.97. The molecule has 1 saturated carbocycles. The van der Waals surface area contributed by atoms with Gasteiger partial charge in [0.05, 0.1) is 12.2 Å². The van der Waals surface area contributed by atoms with E-state index in [0.29, 0.717) is 27.7 Å². The van der Waals surface area contributed by atoms with Crippen molar-refractivity contribution in [3.05, 3.63) is 70.0 Å². The van der Waals surface area contributed by atoms with Crippen molar-refractivity contribution < 1.29 is 19.0 Å². The van der Waals surface area contributed by atoms with Gasteiger partial charge in [0, 0.05) is 35.0 Å². The Labute approximate surface area is 174 Å². The zero-order valence-corrected chi connectivity index (χ0v) is 16.2. The summed E-state index contributed by atoms with van der Waals surface area (Å²) in [5.74, 6) is -1.27. The summed E-state index contributed by atoms with van der Waals surface area (Å²) in [7, 11) is 0. The summed E-state index contributed by atoms with van der Waals surface area (Å²) in [6.45, 7) is -0.0931. The van der Waals surface area contributed by atoms with Crippen LogP contribution in [0.5, 0.6) is 11.8 Å². The van der Waals surface area contributed by atoms with Crippen LogP contribution in [0.4, 0.5) is 14.6 Å². The number of nitrogens with zero attached hydrogens (tertiary/aromatic N) is 4. The Hall–Kier alpha value is -3.95. The predicted octanol–water partition coefficient (Wildman–Crippen LogP) is 1.97. The molecule has 0 spiro atoms. The van der Waals surface area contributed by atoms with Gasteiger partial charge in [-0.25, -0.2) is 13.8 Å². The molecule has 0 saturated heterocycles. The largest absolute Gasteiger partial charge is 0.494 e. The number of nitrogens with one attached hydrogen (secondary N) is 2. The van der Waals surface area contributed by atoms with Crippen LogP contribution in [0.15, 0.2) is 41.5 Å². The highest BCUT2D eigenvalue weighted by Crippen LogP contribution is 2.23. The minimum Gasteiger partial charge on any atom is -0.494 e. The Bertz CT molecular complexity index is 1390. The lowest BCUT2D eigenvalue weighted by atomic mass is 10.2. The summed E-state index contributed by atoms with van der Waals surface area (Å²) in [4.78, 5) is 11.6. The maximum absolute atomic E-state index is 14.0. The van der Waals surface area contributed by atoms with E-state index in [-0.39, 0.29) is 29.9 Å². The minimum absolute atomic E-state index is 0.0853. The number of aromatic hydroxyl groups is 2. The number of aromatic nitrogens is 4. The van der Waals surface area contributed by atoms with Crippen LogP contribution in [0.3, 0.4) is 0 Å². The van der Waals surface area contributed by atoms with Crippen molar-refractivity contribution in [3.8, 4) is 11.8 Å². The number of benzene rings is 1. The maximum atomic E-state index is 14.0. The van der Waals surface area contributed by atoms with Gasteiger partial charge in [-0.3, -0.25) is 9.98 Å². The molecule has 0 bridgehead atoms. The van der Waals surface area contributed by atoms with E-state index in [0.717, 1.165) is 12.8 Å². The number of hydrogen-bond acceptors (Lipinski definition) is 6. The van der Waals surface area contributed by atoms with Gasteiger partial charge in [-0.15, -0.1) is 0 Å². The molecule has 10 heteroatoms. The molecule has 0 amide bonds. The lowest BCUT2D eigenvalue weighted by Gasteiger charge is -2.08. The average Bonchev–Trinajstić information content (AvgIpc) is 3.36. The average molecular weight is 424 g/mol. The fourth-order valence-electron chi connectivity index (χ4n) is 3.24. The van der Waals surface area contributed by atoms with Gasteiger partial charge in [0.2, 0.25) is 0 Å². The van der Waals surface area contributed by atoms with Gasteiger partial charge in [0.15, 0.2) is 22.9 Å². The predicted molar refractivity (Wildman–Crippen MR) is 108 cm³/mol. The van der Waals surface area contributed by atoms with Crippen LogP contribution >= 0.6 is 0 Å². The second-order valence-corrected chi connectivity index (χ2v) is 7.35. The first-order valence-corrected chi connectivity index (χ1v) is 9.70. The van der Waals surface area contributed by atoms with Crippen LogP contribution in [0.25, 0.3) is 11.7 Å². The van der Waals surface area contributed by atoms with E-state index in [2.05, 4.69) is 25.4 Å². The van der Waals surface area contributed by atoms with E-state index in [1.807, 2.05) is 0 Å². The third-order valence-corrected chi connectivity index (χ3v) is 4.97. The first-order valence-electron chi connectivity index (χ1n) is 9.70. The van der Waals surface area contributed by atoms with E-state index in [9.17, 15) is 19.0 Å². The zero-order chi connectivity index (χ0) is 21.5. The summed E-state index contributed by atoms with van der Waals surface area (Å²) in [6.07, 6.45) is 5.16. The Morgan fingerprint density at radius 1 is 1.23 bits per heavy atom. The maximum Gasteiger partial charge on any atom is 0.198 e. The van der Waals surface area contributed by atoms with E-state index >= 15 is 0 Å². The Morgan fingerprint density at radius 2 is 2.00 bits per heavy atom. The summed E-state index contributed by atoms with van der Waals surface area (Å²) >= 11 is 0. The molecule has 0 radical (unpaired) electrons. The first kappa shape index (κ1) is 19.0. The van der Waals surface area contributed by atoms with Crippen molar-refractivity contribution >= 4 is 17.5 Å². The van der Waals surface area contributed by atoms with Crippen LogP contribution in [0.2, 0.25) is 0 Å². The van der Waals surface area contributed by atoms with Gasteiger partial charge in [0.1, 0.15) is 17.5 Å². The van der Waals surface area contributed by atoms with Crippen LogP contribution in [0, 0.1) is 11.6 Å². The van der Waals surface area contributed by atoms with Crippen molar-refractivity contribution in [3.63, 3.8) is 0 Å². The van der Waals surface area contributed by atoms with Gasteiger partial charge in [-0.1, -0.05) is 6.07 Å². The van der Waals surface area contributed by atoms with Gasteiger partial charge < -0.3 is 15.5 Å². The summed E-state index contributed by atoms with van der Waals surface area (Å²) in [6, 6.07) is 6.98. The topological polar surface area (TPSA) is 111 Å². The normalized spacial score (nSPS) is 15.2. The number of halogens is 2. The Kier molecular flexibility index (Phi) is 4.54.